The lowest BCUT2D eigenvalue weighted by molar-refractivity contribution is -0.185. The molecule has 0 radical (unpaired) electrons. The van der Waals surface area contributed by atoms with E-state index < -0.39 is 17.7 Å². The molecule has 0 saturated heterocycles. The third-order valence-corrected chi connectivity index (χ3v) is 6.72. The number of aromatic nitrogens is 2. The molecular weight excluding hydrogens is 504 g/mol. The third kappa shape index (κ3) is 4.90. The summed E-state index contributed by atoms with van der Waals surface area (Å²) in [6, 6.07) is 19.0. The van der Waals surface area contributed by atoms with Crippen LogP contribution in [-0.2, 0) is 26.5 Å². The van der Waals surface area contributed by atoms with Gasteiger partial charge in [0.05, 0.1) is 35.6 Å². The lowest BCUT2D eigenvalue weighted by atomic mass is 9.88. The minimum atomic E-state index is -2.00. The second-order valence-electron chi connectivity index (χ2n) is 9.14. The fraction of sp³-hybridized carbons (Fsp3) is 0.241. The summed E-state index contributed by atoms with van der Waals surface area (Å²) in [6.45, 7) is 5.88. The van der Waals surface area contributed by atoms with Gasteiger partial charge in [-0.3, -0.25) is 0 Å². The number of fused-ring (bicyclic) bond motifs is 1. The highest BCUT2D eigenvalue weighted by Gasteiger charge is 2.48. The van der Waals surface area contributed by atoms with E-state index in [1.807, 2.05) is 13.8 Å². The number of benzene rings is 3. The van der Waals surface area contributed by atoms with Crippen LogP contribution in [0.1, 0.15) is 47.8 Å². The lowest BCUT2D eigenvalue weighted by Gasteiger charge is -2.26. The number of aliphatic hydroxyl groups is 1. The van der Waals surface area contributed by atoms with Crippen LogP contribution in [0, 0.1) is 0 Å². The maximum Gasteiger partial charge on any atom is 0.342 e. The number of hydrogen-bond donors (Lipinski definition) is 1. The summed E-state index contributed by atoms with van der Waals surface area (Å²) in [4.78, 5) is 25.4. The van der Waals surface area contributed by atoms with E-state index in [0.717, 1.165) is 22.8 Å². The summed E-state index contributed by atoms with van der Waals surface area (Å²) in [6.07, 6.45) is 0.182. The highest BCUT2D eigenvalue weighted by molar-refractivity contribution is 7.00. The summed E-state index contributed by atoms with van der Waals surface area (Å²) in [5.74, 6) is -2.42. The van der Waals surface area contributed by atoms with Gasteiger partial charge in [0.25, 0.3) is 5.79 Å². The van der Waals surface area contributed by atoms with Crippen molar-refractivity contribution in [1.29, 1.82) is 0 Å². The maximum atomic E-state index is 13.3. The second-order valence-corrected chi connectivity index (χ2v) is 9.67. The molecule has 1 unspecified atom stereocenters. The Bertz CT molecular complexity index is 1520. The number of cyclic esters (lactones) is 1. The number of carbonyl (C=O) groups excluding carboxylic acids is 2. The predicted molar refractivity (Wildman–Crippen MR) is 143 cm³/mol. The monoisotopic (exact) mass is 530 g/mol. The Morgan fingerprint density at radius 2 is 1.74 bits per heavy atom. The van der Waals surface area contributed by atoms with Crippen LogP contribution in [0.2, 0.25) is 0 Å². The zero-order valence-electron chi connectivity index (χ0n) is 21.1. The number of esters is 2. The van der Waals surface area contributed by atoms with Crippen LogP contribution in [-0.4, -0.2) is 38.5 Å². The molecule has 0 amide bonds. The number of nitrogens with zero attached hydrogens (tertiary/aromatic N) is 2. The molecule has 3 aromatic carbocycles. The average Bonchev–Trinajstić information content (AvgIpc) is 3.46. The Hall–Kier alpha value is -4.08. The molecule has 0 saturated carbocycles. The molecule has 1 aliphatic heterocycles. The Morgan fingerprint density at radius 1 is 1.03 bits per heavy atom. The van der Waals surface area contributed by atoms with Gasteiger partial charge in [0.1, 0.15) is 16.8 Å². The SMILES string of the molecule is CCOC(=O)c1ccc(CC2=C(c3ccc4nsnc4c3)C(=O)OC2(O)c2ccc(OC(C)C)cc2)cc1. The van der Waals surface area contributed by atoms with Gasteiger partial charge in [-0.15, -0.1) is 0 Å². The largest absolute Gasteiger partial charge is 0.491 e. The predicted octanol–water partition coefficient (Wildman–Crippen LogP) is 5.05. The highest BCUT2D eigenvalue weighted by Crippen LogP contribution is 2.45. The van der Waals surface area contributed by atoms with E-state index in [1.165, 1.54) is 0 Å². The van der Waals surface area contributed by atoms with Gasteiger partial charge in [-0.2, -0.15) is 8.75 Å². The first kappa shape index (κ1) is 25.6. The van der Waals surface area contributed by atoms with Crippen LogP contribution in [0.4, 0.5) is 0 Å². The molecule has 1 N–H and O–H groups in total. The van der Waals surface area contributed by atoms with Gasteiger partial charge in [-0.25, -0.2) is 9.59 Å². The Morgan fingerprint density at radius 3 is 2.42 bits per heavy atom. The van der Waals surface area contributed by atoms with Crippen LogP contribution >= 0.6 is 11.7 Å². The summed E-state index contributed by atoms with van der Waals surface area (Å²) < 4.78 is 25.0. The van der Waals surface area contributed by atoms with E-state index in [-0.39, 0.29) is 24.7 Å². The van der Waals surface area contributed by atoms with Gasteiger partial charge in [0, 0.05) is 17.6 Å². The Kier molecular flexibility index (Phi) is 6.96. The first-order chi connectivity index (χ1) is 18.3. The molecule has 2 heterocycles. The van der Waals surface area contributed by atoms with Gasteiger partial charge in [0.15, 0.2) is 0 Å². The van der Waals surface area contributed by atoms with E-state index in [1.54, 1.807) is 73.7 Å². The van der Waals surface area contributed by atoms with Gasteiger partial charge in [-0.05, 0) is 80.4 Å². The quantitative estimate of drug-likeness (QED) is 0.315. The summed E-state index contributed by atoms with van der Waals surface area (Å²) >= 11 is 1.09. The van der Waals surface area contributed by atoms with E-state index in [0.29, 0.717) is 33.5 Å². The van der Waals surface area contributed by atoms with Gasteiger partial charge >= 0.3 is 11.9 Å². The lowest BCUT2D eigenvalue weighted by Crippen LogP contribution is -2.29. The minimum Gasteiger partial charge on any atom is -0.491 e. The molecule has 1 aliphatic rings. The van der Waals surface area contributed by atoms with Gasteiger partial charge in [0.2, 0.25) is 0 Å². The fourth-order valence-electron chi connectivity index (χ4n) is 4.42. The van der Waals surface area contributed by atoms with E-state index in [4.69, 9.17) is 14.2 Å². The number of rotatable bonds is 8. The van der Waals surface area contributed by atoms with Crippen LogP contribution in [0.25, 0.3) is 16.6 Å². The first-order valence-corrected chi connectivity index (χ1v) is 13.0. The van der Waals surface area contributed by atoms with Crippen LogP contribution < -0.4 is 4.74 Å². The highest BCUT2D eigenvalue weighted by atomic mass is 32.1. The van der Waals surface area contributed by atoms with Crippen molar-refractivity contribution in [3.63, 3.8) is 0 Å². The van der Waals surface area contributed by atoms with Crippen molar-refractivity contribution in [2.75, 3.05) is 6.61 Å². The standard InChI is InChI=1S/C29H26N2O6S/c1-4-35-27(32)19-7-5-18(6-8-19)15-23-26(20-9-14-24-25(16-20)31-38-30-24)28(33)37-29(23,34)21-10-12-22(13-11-21)36-17(2)3/h5-14,16-17,34H,4,15H2,1-3H3. The molecule has 0 bridgehead atoms. The van der Waals surface area contributed by atoms with E-state index in [2.05, 4.69) is 8.75 Å². The van der Waals surface area contributed by atoms with Gasteiger partial charge in [-0.1, -0.05) is 18.2 Å². The van der Waals surface area contributed by atoms with Crippen LogP contribution in [0.15, 0.2) is 72.3 Å². The molecule has 1 atom stereocenters. The molecule has 38 heavy (non-hydrogen) atoms. The molecule has 4 aromatic rings. The zero-order valence-corrected chi connectivity index (χ0v) is 22.0. The first-order valence-electron chi connectivity index (χ1n) is 12.2. The molecule has 9 heteroatoms. The number of ether oxygens (including phenoxy) is 3. The van der Waals surface area contributed by atoms with Crippen molar-refractivity contribution in [3.05, 3.63) is 94.6 Å². The third-order valence-electron chi connectivity index (χ3n) is 6.16. The normalized spacial score (nSPS) is 17.2. The van der Waals surface area contributed by atoms with Crippen molar-refractivity contribution >= 4 is 40.3 Å². The summed E-state index contributed by atoms with van der Waals surface area (Å²) in [7, 11) is 0. The Labute approximate surface area is 223 Å². The molecule has 0 aliphatic carbocycles. The van der Waals surface area contributed by atoms with Crippen LogP contribution in [0.5, 0.6) is 5.75 Å². The molecule has 0 fully saturated rings. The molecule has 194 valence electrons. The zero-order chi connectivity index (χ0) is 26.9. The maximum absolute atomic E-state index is 13.3. The van der Waals surface area contributed by atoms with Gasteiger partial charge < -0.3 is 19.3 Å². The summed E-state index contributed by atoms with van der Waals surface area (Å²) in [5.41, 5.74) is 4.18. The molecular formula is C29H26N2O6S. The minimum absolute atomic E-state index is 0.0111. The van der Waals surface area contributed by atoms with Crippen LogP contribution in [0.3, 0.4) is 0 Å². The summed E-state index contributed by atoms with van der Waals surface area (Å²) in [5, 5.41) is 11.9. The van der Waals surface area contributed by atoms with Crippen molar-refractivity contribution in [3.8, 4) is 5.75 Å². The molecule has 1 aromatic heterocycles. The molecule has 5 rings (SSSR count). The fourth-order valence-corrected chi connectivity index (χ4v) is 4.94. The number of carbonyl (C=O) groups is 2. The van der Waals surface area contributed by atoms with Crippen molar-refractivity contribution in [2.24, 2.45) is 0 Å². The van der Waals surface area contributed by atoms with E-state index >= 15 is 0 Å². The van der Waals surface area contributed by atoms with Crippen molar-refractivity contribution in [1.82, 2.24) is 8.75 Å². The topological polar surface area (TPSA) is 108 Å². The van der Waals surface area contributed by atoms with Crippen molar-refractivity contribution in [2.45, 2.75) is 39.1 Å². The average molecular weight is 531 g/mol. The Balaban J connectivity index is 1.59. The molecule has 8 nitrogen and oxygen atoms in total. The number of hydrogen-bond acceptors (Lipinski definition) is 9. The smallest absolute Gasteiger partial charge is 0.342 e. The van der Waals surface area contributed by atoms with Crippen molar-refractivity contribution < 1.29 is 28.9 Å². The molecule has 0 spiro atoms. The second kappa shape index (κ2) is 10.4. The van der Waals surface area contributed by atoms with E-state index in [9.17, 15) is 14.7 Å².